The van der Waals surface area contributed by atoms with Gasteiger partial charge in [0.15, 0.2) is 6.61 Å². The van der Waals surface area contributed by atoms with Crippen molar-refractivity contribution in [2.75, 3.05) is 26.2 Å². The summed E-state index contributed by atoms with van der Waals surface area (Å²) in [6, 6.07) is 13.3. The van der Waals surface area contributed by atoms with Crippen LogP contribution < -0.4 is 4.74 Å². The van der Waals surface area contributed by atoms with Crippen LogP contribution in [-0.4, -0.2) is 53.9 Å². The van der Waals surface area contributed by atoms with Crippen molar-refractivity contribution in [1.29, 1.82) is 0 Å². The summed E-state index contributed by atoms with van der Waals surface area (Å²) in [5, 5.41) is -0.0409. The van der Waals surface area contributed by atoms with Gasteiger partial charge in [0.1, 0.15) is 11.6 Å². The molecule has 30 heavy (non-hydrogen) atoms. The molecule has 1 aliphatic heterocycles. The van der Waals surface area contributed by atoms with Crippen molar-refractivity contribution < 1.29 is 18.7 Å². The summed E-state index contributed by atoms with van der Waals surface area (Å²) in [6.45, 7) is 3.74. The van der Waals surface area contributed by atoms with Crippen molar-refractivity contribution in [3.05, 3.63) is 64.9 Å². The minimum absolute atomic E-state index is 0.0268. The SMILES string of the molecule is CCCN(C(=O)COc1ccc(F)c(Cl)c1)C1CCN(C(=O)c2ccccc2)CC1. The molecule has 1 fully saturated rings. The highest BCUT2D eigenvalue weighted by atomic mass is 35.5. The van der Waals surface area contributed by atoms with E-state index in [9.17, 15) is 14.0 Å². The molecule has 0 unspecified atom stereocenters. The van der Waals surface area contributed by atoms with Crippen molar-refractivity contribution >= 4 is 23.4 Å². The summed E-state index contributed by atoms with van der Waals surface area (Å²) >= 11 is 5.76. The van der Waals surface area contributed by atoms with E-state index in [-0.39, 0.29) is 29.5 Å². The molecule has 160 valence electrons. The Morgan fingerprint density at radius 3 is 2.50 bits per heavy atom. The number of carbonyl (C=O) groups is 2. The third kappa shape index (κ3) is 5.51. The second-order valence-electron chi connectivity index (χ2n) is 7.34. The average Bonchev–Trinajstić information content (AvgIpc) is 2.78. The lowest BCUT2D eigenvalue weighted by Gasteiger charge is -2.38. The first-order chi connectivity index (χ1) is 14.5. The van der Waals surface area contributed by atoms with E-state index in [4.69, 9.17) is 16.3 Å². The quantitative estimate of drug-likeness (QED) is 0.651. The lowest BCUT2D eigenvalue weighted by molar-refractivity contribution is -0.136. The zero-order valence-electron chi connectivity index (χ0n) is 17.0. The average molecular weight is 433 g/mol. The molecule has 2 aromatic carbocycles. The minimum Gasteiger partial charge on any atom is -0.484 e. The summed E-state index contributed by atoms with van der Waals surface area (Å²) in [6.07, 6.45) is 2.29. The van der Waals surface area contributed by atoms with Crippen LogP contribution in [0.15, 0.2) is 48.5 Å². The third-order valence-electron chi connectivity index (χ3n) is 5.25. The number of ether oxygens (including phenoxy) is 1. The number of hydrogen-bond donors (Lipinski definition) is 0. The molecule has 0 N–H and O–H groups in total. The monoisotopic (exact) mass is 432 g/mol. The molecule has 2 aromatic rings. The normalized spacial score (nSPS) is 14.4. The Bertz CT molecular complexity index is 870. The molecule has 0 aromatic heterocycles. The summed E-state index contributed by atoms with van der Waals surface area (Å²) < 4.78 is 18.8. The molecule has 7 heteroatoms. The summed E-state index contributed by atoms with van der Waals surface area (Å²) in [4.78, 5) is 29.1. The summed E-state index contributed by atoms with van der Waals surface area (Å²) in [5.74, 6) is -0.265. The highest BCUT2D eigenvalue weighted by molar-refractivity contribution is 6.30. The fraction of sp³-hybridized carbons (Fsp3) is 0.391. The maximum atomic E-state index is 13.3. The molecule has 0 aliphatic carbocycles. The van der Waals surface area contributed by atoms with Gasteiger partial charge in [0.05, 0.1) is 5.02 Å². The van der Waals surface area contributed by atoms with Gasteiger partial charge in [0.25, 0.3) is 11.8 Å². The first-order valence-electron chi connectivity index (χ1n) is 10.2. The number of hydrogen-bond acceptors (Lipinski definition) is 3. The standard InChI is InChI=1S/C23H26ClFN2O3/c1-2-12-27(22(28)16-30-19-8-9-21(25)20(24)15-19)18-10-13-26(14-11-18)23(29)17-6-4-3-5-7-17/h3-9,15,18H,2,10-14,16H2,1H3. The molecular weight excluding hydrogens is 407 g/mol. The molecule has 0 bridgehead atoms. The van der Waals surface area contributed by atoms with Crippen molar-refractivity contribution in [3.8, 4) is 5.75 Å². The topological polar surface area (TPSA) is 49.9 Å². The van der Waals surface area contributed by atoms with E-state index < -0.39 is 5.82 Å². The molecule has 1 aliphatic rings. The van der Waals surface area contributed by atoms with Gasteiger partial charge in [-0.05, 0) is 43.5 Å². The van der Waals surface area contributed by atoms with Crippen LogP contribution in [0.3, 0.4) is 0 Å². The van der Waals surface area contributed by atoms with Gasteiger partial charge >= 0.3 is 0 Å². The van der Waals surface area contributed by atoms with Crippen LogP contribution in [0.1, 0.15) is 36.5 Å². The number of carbonyl (C=O) groups excluding carboxylic acids is 2. The van der Waals surface area contributed by atoms with E-state index in [2.05, 4.69) is 0 Å². The largest absolute Gasteiger partial charge is 0.484 e. The molecule has 0 radical (unpaired) electrons. The van der Waals surface area contributed by atoms with E-state index in [1.807, 2.05) is 47.1 Å². The van der Waals surface area contributed by atoms with Gasteiger partial charge in [-0.3, -0.25) is 9.59 Å². The van der Waals surface area contributed by atoms with Crippen molar-refractivity contribution in [2.24, 2.45) is 0 Å². The van der Waals surface area contributed by atoms with Crippen LogP contribution in [0.5, 0.6) is 5.75 Å². The Hall–Kier alpha value is -2.60. The van der Waals surface area contributed by atoms with Gasteiger partial charge < -0.3 is 14.5 Å². The number of piperidine rings is 1. The number of rotatable bonds is 7. The fourth-order valence-electron chi connectivity index (χ4n) is 3.69. The molecule has 0 saturated carbocycles. The van der Waals surface area contributed by atoms with Crippen LogP contribution in [0, 0.1) is 5.82 Å². The first-order valence-corrected chi connectivity index (χ1v) is 10.6. The molecule has 3 rings (SSSR count). The number of halogens is 2. The van der Waals surface area contributed by atoms with Gasteiger partial charge in [-0.1, -0.05) is 36.7 Å². The fourth-order valence-corrected chi connectivity index (χ4v) is 3.86. The Labute approximate surface area is 181 Å². The van der Waals surface area contributed by atoms with Gasteiger partial charge in [0.2, 0.25) is 0 Å². The summed E-state index contributed by atoms with van der Waals surface area (Å²) in [5.41, 5.74) is 0.684. The smallest absolute Gasteiger partial charge is 0.260 e. The molecule has 0 atom stereocenters. The second kappa shape index (κ2) is 10.4. The van der Waals surface area contributed by atoms with Gasteiger partial charge in [0, 0.05) is 37.3 Å². The molecule has 5 nitrogen and oxygen atoms in total. The van der Waals surface area contributed by atoms with Crippen molar-refractivity contribution in [2.45, 2.75) is 32.2 Å². The van der Waals surface area contributed by atoms with Crippen LogP contribution in [0.2, 0.25) is 5.02 Å². The van der Waals surface area contributed by atoms with Gasteiger partial charge in [-0.2, -0.15) is 0 Å². The Balaban J connectivity index is 1.56. The van der Waals surface area contributed by atoms with Crippen LogP contribution in [0.25, 0.3) is 0 Å². The van der Waals surface area contributed by atoms with Crippen LogP contribution >= 0.6 is 11.6 Å². The number of benzene rings is 2. The molecule has 0 spiro atoms. The maximum absolute atomic E-state index is 13.3. The minimum atomic E-state index is -0.528. The van der Waals surface area contributed by atoms with Crippen molar-refractivity contribution in [1.82, 2.24) is 9.80 Å². The lowest BCUT2D eigenvalue weighted by Crippen LogP contribution is -2.50. The Morgan fingerprint density at radius 1 is 1.17 bits per heavy atom. The Kier molecular flexibility index (Phi) is 7.69. The molecule has 1 heterocycles. The highest BCUT2D eigenvalue weighted by Crippen LogP contribution is 2.22. The molecule has 2 amide bonds. The zero-order valence-corrected chi connectivity index (χ0v) is 17.8. The van der Waals surface area contributed by atoms with Gasteiger partial charge in [-0.25, -0.2) is 4.39 Å². The van der Waals surface area contributed by atoms with Crippen LogP contribution in [-0.2, 0) is 4.79 Å². The van der Waals surface area contributed by atoms with E-state index in [1.165, 1.54) is 18.2 Å². The van der Waals surface area contributed by atoms with E-state index >= 15 is 0 Å². The summed E-state index contributed by atoms with van der Waals surface area (Å²) in [7, 11) is 0. The highest BCUT2D eigenvalue weighted by Gasteiger charge is 2.29. The predicted molar refractivity (Wildman–Crippen MR) is 114 cm³/mol. The van der Waals surface area contributed by atoms with E-state index in [0.29, 0.717) is 30.9 Å². The van der Waals surface area contributed by atoms with E-state index in [0.717, 1.165) is 19.3 Å². The van der Waals surface area contributed by atoms with Crippen molar-refractivity contribution in [3.63, 3.8) is 0 Å². The second-order valence-corrected chi connectivity index (χ2v) is 7.75. The van der Waals surface area contributed by atoms with E-state index in [1.54, 1.807) is 0 Å². The maximum Gasteiger partial charge on any atom is 0.260 e. The first kappa shape index (κ1) is 22.1. The van der Waals surface area contributed by atoms with Crippen LogP contribution in [0.4, 0.5) is 4.39 Å². The molecular formula is C23H26ClFN2O3. The molecule has 1 saturated heterocycles. The lowest BCUT2D eigenvalue weighted by atomic mass is 10.0. The van der Waals surface area contributed by atoms with Gasteiger partial charge in [-0.15, -0.1) is 0 Å². The zero-order chi connectivity index (χ0) is 21.5. The number of likely N-dealkylation sites (tertiary alicyclic amines) is 1. The predicted octanol–water partition coefficient (Wildman–Crippen LogP) is 4.40. The number of amides is 2. The Morgan fingerprint density at radius 2 is 1.87 bits per heavy atom. The third-order valence-corrected chi connectivity index (χ3v) is 5.54. The number of nitrogens with zero attached hydrogens (tertiary/aromatic N) is 2.